The molecule has 1 unspecified atom stereocenters. The number of carbonyl (C=O) groups excluding carboxylic acids is 1. The van der Waals surface area contributed by atoms with Gasteiger partial charge < -0.3 is 14.4 Å². The van der Waals surface area contributed by atoms with Crippen molar-refractivity contribution >= 4 is 5.91 Å². The van der Waals surface area contributed by atoms with E-state index in [1.165, 1.54) is 18.3 Å². The number of hydrogen-bond donors (Lipinski definition) is 0. The first-order chi connectivity index (χ1) is 12.7. The summed E-state index contributed by atoms with van der Waals surface area (Å²) in [5, 5.41) is 0. The SMILES string of the molecule is O=C(c1ccncc1)N1CC2(C1)OCCC2CCOc1ncccc1F. The van der Waals surface area contributed by atoms with Gasteiger partial charge in [0, 0.05) is 30.8 Å². The average Bonchev–Trinajstić information content (AvgIpc) is 3.06. The van der Waals surface area contributed by atoms with Gasteiger partial charge in [-0.1, -0.05) is 0 Å². The van der Waals surface area contributed by atoms with Crippen LogP contribution in [0.25, 0.3) is 0 Å². The van der Waals surface area contributed by atoms with Crippen molar-refractivity contribution in [1.82, 2.24) is 14.9 Å². The molecular weight excluding hydrogens is 337 g/mol. The Kier molecular flexibility index (Phi) is 4.55. The molecule has 2 fully saturated rings. The zero-order valence-electron chi connectivity index (χ0n) is 14.3. The van der Waals surface area contributed by atoms with Gasteiger partial charge in [0.05, 0.1) is 19.7 Å². The van der Waals surface area contributed by atoms with Crippen LogP contribution in [0.15, 0.2) is 42.9 Å². The summed E-state index contributed by atoms with van der Waals surface area (Å²) in [5.74, 6) is -0.138. The van der Waals surface area contributed by atoms with Crippen molar-refractivity contribution in [3.63, 3.8) is 0 Å². The third-order valence-corrected chi connectivity index (χ3v) is 5.16. The summed E-state index contributed by atoms with van der Waals surface area (Å²) in [6.07, 6.45) is 6.41. The van der Waals surface area contributed by atoms with Gasteiger partial charge in [-0.15, -0.1) is 0 Å². The Hall–Kier alpha value is -2.54. The lowest BCUT2D eigenvalue weighted by Gasteiger charge is -2.50. The Balaban J connectivity index is 1.32. The highest BCUT2D eigenvalue weighted by Gasteiger charge is 2.54. The number of hydrogen-bond acceptors (Lipinski definition) is 5. The van der Waals surface area contributed by atoms with Crippen molar-refractivity contribution in [2.75, 3.05) is 26.3 Å². The Morgan fingerprint density at radius 2 is 2.12 bits per heavy atom. The van der Waals surface area contributed by atoms with Crippen LogP contribution in [0.1, 0.15) is 23.2 Å². The molecule has 1 atom stereocenters. The fourth-order valence-electron chi connectivity index (χ4n) is 3.74. The van der Waals surface area contributed by atoms with E-state index in [4.69, 9.17) is 9.47 Å². The van der Waals surface area contributed by atoms with Crippen LogP contribution >= 0.6 is 0 Å². The van der Waals surface area contributed by atoms with Crippen molar-refractivity contribution < 1.29 is 18.7 Å². The van der Waals surface area contributed by atoms with E-state index in [-0.39, 0.29) is 23.3 Å². The second-order valence-electron chi connectivity index (χ2n) is 6.72. The molecule has 2 saturated heterocycles. The Bertz CT molecular complexity index is 781. The predicted octanol–water partition coefficient (Wildman–Crippen LogP) is 2.32. The van der Waals surface area contributed by atoms with Gasteiger partial charge in [-0.05, 0) is 43.0 Å². The first-order valence-electron chi connectivity index (χ1n) is 8.74. The summed E-state index contributed by atoms with van der Waals surface area (Å²) in [4.78, 5) is 22.1. The Morgan fingerprint density at radius 3 is 2.88 bits per heavy atom. The minimum atomic E-state index is -0.456. The molecule has 2 aromatic rings. The van der Waals surface area contributed by atoms with Crippen LogP contribution in [0, 0.1) is 11.7 Å². The normalized spacial score (nSPS) is 20.8. The summed E-state index contributed by atoms with van der Waals surface area (Å²) in [5.41, 5.74) is 0.340. The van der Waals surface area contributed by atoms with E-state index in [0.29, 0.717) is 31.9 Å². The monoisotopic (exact) mass is 357 g/mol. The van der Waals surface area contributed by atoms with Gasteiger partial charge in [0.25, 0.3) is 5.91 Å². The van der Waals surface area contributed by atoms with E-state index >= 15 is 0 Å². The highest BCUT2D eigenvalue weighted by Crippen LogP contribution is 2.42. The lowest BCUT2D eigenvalue weighted by molar-refractivity contribution is -0.119. The second kappa shape index (κ2) is 6.99. The van der Waals surface area contributed by atoms with Crippen LogP contribution in [-0.4, -0.2) is 52.7 Å². The highest BCUT2D eigenvalue weighted by atomic mass is 19.1. The zero-order valence-corrected chi connectivity index (χ0v) is 14.3. The van der Waals surface area contributed by atoms with Gasteiger partial charge in [-0.25, -0.2) is 9.37 Å². The van der Waals surface area contributed by atoms with Crippen molar-refractivity contribution in [2.24, 2.45) is 5.92 Å². The Morgan fingerprint density at radius 1 is 1.31 bits per heavy atom. The number of halogens is 1. The molecule has 4 heterocycles. The van der Waals surface area contributed by atoms with E-state index in [1.807, 2.05) is 0 Å². The first kappa shape index (κ1) is 16.9. The minimum absolute atomic E-state index is 0.000850. The van der Waals surface area contributed by atoms with Crippen molar-refractivity contribution in [3.8, 4) is 5.88 Å². The molecule has 2 aliphatic rings. The van der Waals surface area contributed by atoms with Gasteiger partial charge in [-0.3, -0.25) is 9.78 Å². The number of rotatable bonds is 5. The third-order valence-electron chi connectivity index (χ3n) is 5.16. The fourth-order valence-corrected chi connectivity index (χ4v) is 3.74. The maximum absolute atomic E-state index is 13.6. The molecule has 0 aromatic carbocycles. The highest BCUT2D eigenvalue weighted by molar-refractivity contribution is 5.94. The molecule has 6 nitrogen and oxygen atoms in total. The molecule has 136 valence electrons. The summed E-state index contributed by atoms with van der Waals surface area (Å²) in [7, 11) is 0. The maximum atomic E-state index is 13.6. The second-order valence-corrected chi connectivity index (χ2v) is 6.72. The topological polar surface area (TPSA) is 64.6 Å². The lowest BCUT2D eigenvalue weighted by atomic mass is 9.79. The molecule has 1 amide bonds. The van der Waals surface area contributed by atoms with Crippen LogP contribution in [0.3, 0.4) is 0 Å². The van der Waals surface area contributed by atoms with Crippen molar-refractivity contribution in [3.05, 3.63) is 54.2 Å². The molecule has 0 aliphatic carbocycles. The molecule has 4 rings (SSSR count). The molecule has 7 heteroatoms. The van der Waals surface area contributed by atoms with Gasteiger partial charge in [0.2, 0.25) is 5.88 Å². The fraction of sp³-hybridized carbons (Fsp3) is 0.421. The van der Waals surface area contributed by atoms with E-state index in [0.717, 1.165) is 12.8 Å². The molecule has 2 aliphatic heterocycles. The summed E-state index contributed by atoms with van der Waals surface area (Å²) in [6, 6.07) is 6.30. The van der Waals surface area contributed by atoms with Crippen molar-refractivity contribution in [2.45, 2.75) is 18.4 Å². The number of aromatic nitrogens is 2. The number of carbonyl (C=O) groups is 1. The van der Waals surface area contributed by atoms with Gasteiger partial charge in [0.1, 0.15) is 5.60 Å². The minimum Gasteiger partial charge on any atom is -0.476 e. The average molecular weight is 357 g/mol. The molecule has 1 spiro atoms. The van der Waals surface area contributed by atoms with E-state index < -0.39 is 5.82 Å². The van der Waals surface area contributed by atoms with E-state index in [1.54, 1.807) is 29.4 Å². The van der Waals surface area contributed by atoms with Crippen LogP contribution < -0.4 is 4.74 Å². The molecule has 26 heavy (non-hydrogen) atoms. The quantitative estimate of drug-likeness (QED) is 0.822. The Labute approximate surface area is 151 Å². The largest absolute Gasteiger partial charge is 0.476 e. The first-order valence-corrected chi connectivity index (χ1v) is 8.74. The summed E-state index contributed by atoms with van der Waals surface area (Å²) >= 11 is 0. The number of likely N-dealkylation sites (tertiary alicyclic amines) is 1. The zero-order chi connectivity index (χ0) is 18.0. The smallest absolute Gasteiger partial charge is 0.254 e. The molecular formula is C19H20FN3O3. The summed E-state index contributed by atoms with van der Waals surface area (Å²) < 4.78 is 25.0. The molecule has 0 radical (unpaired) electrons. The number of nitrogens with zero attached hydrogens (tertiary/aromatic N) is 3. The molecule has 0 bridgehead atoms. The predicted molar refractivity (Wildman–Crippen MR) is 91.2 cm³/mol. The molecule has 2 aromatic heterocycles. The van der Waals surface area contributed by atoms with Gasteiger partial charge in [-0.2, -0.15) is 0 Å². The lowest BCUT2D eigenvalue weighted by Crippen LogP contribution is -2.66. The van der Waals surface area contributed by atoms with Gasteiger partial charge >= 0.3 is 0 Å². The van der Waals surface area contributed by atoms with Crippen LogP contribution in [0.4, 0.5) is 4.39 Å². The standard InChI is InChI=1S/C19H20FN3O3/c20-16-2-1-7-22-17(16)25-10-5-15-6-11-26-19(15)12-23(13-19)18(24)14-3-8-21-9-4-14/h1-4,7-9,15H,5-6,10-13H2. The van der Waals surface area contributed by atoms with Gasteiger partial charge in [0.15, 0.2) is 5.82 Å². The van der Waals surface area contributed by atoms with E-state index in [9.17, 15) is 9.18 Å². The van der Waals surface area contributed by atoms with Crippen LogP contribution in [0.2, 0.25) is 0 Å². The summed E-state index contributed by atoms with van der Waals surface area (Å²) in [6.45, 7) is 2.22. The third kappa shape index (κ3) is 3.14. The van der Waals surface area contributed by atoms with Crippen LogP contribution in [0.5, 0.6) is 5.88 Å². The van der Waals surface area contributed by atoms with Crippen LogP contribution in [-0.2, 0) is 4.74 Å². The van der Waals surface area contributed by atoms with E-state index in [2.05, 4.69) is 9.97 Å². The maximum Gasteiger partial charge on any atom is 0.254 e. The molecule has 0 saturated carbocycles. The number of amides is 1. The molecule has 0 N–H and O–H groups in total. The van der Waals surface area contributed by atoms with Crippen molar-refractivity contribution in [1.29, 1.82) is 0 Å². The number of ether oxygens (including phenoxy) is 2. The number of pyridine rings is 2.